The van der Waals surface area contributed by atoms with Gasteiger partial charge in [-0.15, -0.1) is 0 Å². The Balaban J connectivity index is 1.99. The quantitative estimate of drug-likeness (QED) is 0.596. The molecule has 142 valence electrons. The number of aromatic nitrogens is 2. The van der Waals surface area contributed by atoms with E-state index in [4.69, 9.17) is 18.7 Å². The average molecular weight is 377 g/mol. The van der Waals surface area contributed by atoms with Crippen molar-refractivity contribution in [1.29, 1.82) is 5.26 Å². The molecular weight excluding hydrogens is 358 g/mol. The molecule has 7 heteroatoms. The summed E-state index contributed by atoms with van der Waals surface area (Å²) in [6.07, 6.45) is 1.62. The van der Waals surface area contributed by atoms with E-state index < -0.39 is 0 Å². The third kappa shape index (κ3) is 3.81. The molecule has 0 N–H and O–H groups in total. The first-order valence-electron chi connectivity index (χ1n) is 8.42. The largest absolute Gasteiger partial charge is 0.493 e. The van der Waals surface area contributed by atoms with Crippen LogP contribution in [0.1, 0.15) is 17.0 Å². The summed E-state index contributed by atoms with van der Waals surface area (Å²) >= 11 is 0. The summed E-state index contributed by atoms with van der Waals surface area (Å²) in [4.78, 5) is 4.34. The minimum Gasteiger partial charge on any atom is -0.493 e. The normalized spacial score (nSPS) is 11.0. The summed E-state index contributed by atoms with van der Waals surface area (Å²) in [6.45, 7) is 2.00. The molecule has 3 aromatic rings. The van der Waals surface area contributed by atoms with Crippen molar-refractivity contribution in [2.24, 2.45) is 0 Å². The van der Waals surface area contributed by atoms with E-state index in [2.05, 4.69) is 16.2 Å². The molecule has 0 radical (unpaired) electrons. The van der Waals surface area contributed by atoms with E-state index in [0.29, 0.717) is 28.6 Å². The summed E-state index contributed by atoms with van der Waals surface area (Å²) in [5.41, 5.74) is 2.83. The molecule has 7 nitrogen and oxygen atoms in total. The number of aryl methyl sites for hydroxylation is 1. The Morgan fingerprint density at radius 1 is 1.04 bits per heavy atom. The summed E-state index contributed by atoms with van der Waals surface area (Å²) in [5, 5.41) is 13.6. The van der Waals surface area contributed by atoms with Crippen molar-refractivity contribution in [3.63, 3.8) is 0 Å². The van der Waals surface area contributed by atoms with Crippen LogP contribution in [0.15, 0.2) is 40.9 Å². The summed E-state index contributed by atoms with van der Waals surface area (Å²) in [5.74, 6) is 1.99. The van der Waals surface area contributed by atoms with E-state index in [0.717, 1.165) is 11.1 Å². The number of hydrogen-bond acceptors (Lipinski definition) is 7. The van der Waals surface area contributed by atoms with Gasteiger partial charge in [-0.3, -0.25) is 0 Å². The van der Waals surface area contributed by atoms with Crippen molar-refractivity contribution < 1.29 is 18.7 Å². The number of ether oxygens (including phenoxy) is 3. The van der Waals surface area contributed by atoms with Crippen molar-refractivity contribution in [3.8, 4) is 34.7 Å². The van der Waals surface area contributed by atoms with E-state index in [1.165, 1.54) is 21.3 Å². The van der Waals surface area contributed by atoms with Crippen molar-refractivity contribution in [1.82, 2.24) is 10.1 Å². The Morgan fingerprint density at radius 3 is 2.21 bits per heavy atom. The number of hydrogen-bond donors (Lipinski definition) is 0. The number of allylic oxidation sites excluding steroid dienone is 1. The second kappa shape index (κ2) is 8.27. The fraction of sp³-hybridized carbons (Fsp3) is 0.190. The van der Waals surface area contributed by atoms with Crippen LogP contribution in [-0.4, -0.2) is 31.5 Å². The van der Waals surface area contributed by atoms with Gasteiger partial charge in [-0.1, -0.05) is 35.0 Å². The highest BCUT2D eigenvalue weighted by atomic mass is 16.5. The van der Waals surface area contributed by atoms with Crippen LogP contribution in [0.4, 0.5) is 0 Å². The Bertz CT molecular complexity index is 1020. The smallest absolute Gasteiger partial charge is 0.268 e. The van der Waals surface area contributed by atoms with Gasteiger partial charge in [-0.2, -0.15) is 10.2 Å². The van der Waals surface area contributed by atoms with Crippen molar-refractivity contribution in [2.75, 3.05) is 21.3 Å². The second-order valence-corrected chi connectivity index (χ2v) is 5.92. The van der Waals surface area contributed by atoms with Gasteiger partial charge in [-0.05, 0) is 30.7 Å². The number of benzene rings is 2. The Labute approximate surface area is 162 Å². The van der Waals surface area contributed by atoms with E-state index >= 15 is 0 Å². The van der Waals surface area contributed by atoms with Crippen molar-refractivity contribution >= 4 is 11.6 Å². The topological polar surface area (TPSA) is 90.4 Å². The summed E-state index contributed by atoms with van der Waals surface area (Å²) in [7, 11) is 4.59. The fourth-order valence-electron chi connectivity index (χ4n) is 2.65. The zero-order chi connectivity index (χ0) is 20.1. The van der Waals surface area contributed by atoms with Gasteiger partial charge in [0.15, 0.2) is 11.5 Å². The molecule has 0 spiro atoms. The van der Waals surface area contributed by atoms with Crippen LogP contribution >= 0.6 is 0 Å². The van der Waals surface area contributed by atoms with Gasteiger partial charge < -0.3 is 18.7 Å². The lowest BCUT2D eigenvalue weighted by atomic mass is 10.1. The molecule has 0 fully saturated rings. The van der Waals surface area contributed by atoms with Crippen molar-refractivity contribution in [3.05, 3.63) is 53.4 Å². The van der Waals surface area contributed by atoms with Crippen LogP contribution in [0.2, 0.25) is 0 Å². The minimum absolute atomic E-state index is 0.131. The standard InChI is InChI=1S/C21H19N3O4/c1-13-5-7-15(8-6-13)20-23-21(28-24-20)16(12-22)9-14-10-17(25-2)19(27-4)18(11-14)26-3/h5-11H,1-4H3/b16-9+. The van der Waals surface area contributed by atoms with E-state index in [-0.39, 0.29) is 11.5 Å². The van der Waals surface area contributed by atoms with Crippen LogP contribution in [-0.2, 0) is 0 Å². The number of methoxy groups -OCH3 is 3. The highest BCUT2D eigenvalue weighted by Gasteiger charge is 2.16. The van der Waals surface area contributed by atoms with Gasteiger partial charge in [0.1, 0.15) is 11.6 Å². The fourth-order valence-corrected chi connectivity index (χ4v) is 2.65. The molecule has 0 atom stereocenters. The highest BCUT2D eigenvalue weighted by molar-refractivity contribution is 5.87. The van der Waals surface area contributed by atoms with Gasteiger partial charge in [0.25, 0.3) is 5.89 Å². The molecule has 0 saturated heterocycles. The SMILES string of the molecule is COc1cc(/C=C(\C#N)c2nc(-c3ccc(C)cc3)no2)cc(OC)c1OC. The van der Waals surface area contributed by atoms with Crippen molar-refractivity contribution in [2.45, 2.75) is 6.92 Å². The predicted molar refractivity (Wildman–Crippen MR) is 104 cm³/mol. The molecule has 2 aromatic carbocycles. The first kappa shape index (κ1) is 19.0. The maximum absolute atomic E-state index is 9.58. The molecule has 0 aliphatic heterocycles. The maximum Gasteiger partial charge on any atom is 0.268 e. The molecule has 1 heterocycles. The van der Waals surface area contributed by atoms with Gasteiger partial charge in [0, 0.05) is 5.56 Å². The molecule has 0 unspecified atom stereocenters. The second-order valence-electron chi connectivity index (χ2n) is 5.92. The third-order valence-electron chi connectivity index (χ3n) is 4.08. The molecule has 1 aromatic heterocycles. The molecule has 3 rings (SSSR count). The highest BCUT2D eigenvalue weighted by Crippen LogP contribution is 2.39. The van der Waals surface area contributed by atoms with E-state index in [1.54, 1.807) is 18.2 Å². The average Bonchev–Trinajstić information content (AvgIpc) is 3.21. The molecule has 0 aliphatic rings. The van der Waals surface area contributed by atoms with Gasteiger partial charge >= 0.3 is 0 Å². The third-order valence-corrected chi connectivity index (χ3v) is 4.08. The van der Waals surface area contributed by atoms with Gasteiger partial charge in [0.2, 0.25) is 11.6 Å². The van der Waals surface area contributed by atoms with Crippen LogP contribution in [0.25, 0.3) is 23.0 Å². The Kier molecular flexibility index (Phi) is 5.61. The van der Waals surface area contributed by atoms with Gasteiger partial charge in [-0.25, -0.2) is 0 Å². The number of nitrogens with zero attached hydrogens (tertiary/aromatic N) is 3. The lowest BCUT2D eigenvalue weighted by Crippen LogP contribution is -1.95. The lowest BCUT2D eigenvalue weighted by molar-refractivity contribution is 0.324. The monoisotopic (exact) mass is 377 g/mol. The van der Waals surface area contributed by atoms with Crippen LogP contribution < -0.4 is 14.2 Å². The van der Waals surface area contributed by atoms with Gasteiger partial charge in [0.05, 0.1) is 21.3 Å². The predicted octanol–water partition coefficient (Wildman–Crippen LogP) is 4.14. The van der Waals surface area contributed by atoms with E-state index in [9.17, 15) is 5.26 Å². The summed E-state index contributed by atoms with van der Waals surface area (Å²) in [6, 6.07) is 13.3. The molecule has 0 bridgehead atoms. The molecular formula is C21H19N3O4. The minimum atomic E-state index is 0.131. The number of rotatable bonds is 6. The maximum atomic E-state index is 9.58. The van der Waals surface area contributed by atoms with E-state index in [1.807, 2.05) is 31.2 Å². The Morgan fingerprint density at radius 2 is 1.68 bits per heavy atom. The van der Waals surface area contributed by atoms with Crippen LogP contribution in [0.3, 0.4) is 0 Å². The molecule has 28 heavy (non-hydrogen) atoms. The Hall–Kier alpha value is -3.79. The lowest BCUT2D eigenvalue weighted by Gasteiger charge is -2.12. The summed E-state index contributed by atoms with van der Waals surface area (Å²) < 4.78 is 21.3. The number of nitriles is 1. The first-order valence-corrected chi connectivity index (χ1v) is 8.42. The molecule has 0 saturated carbocycles. The zero-order valence-electron chi connectivity index (χ0n) is 16.0. The van der Waals surface area contributed by atoms with Crippen LogP contribution in [0.5, 0.6) is 17.2 Å². The zero-order valence-corrected chi connectivity index (χ0v) is 16.0. The molecule has 0 aliphatic carbocycles. The first-order chi connectivity index (χ1) is 13.6. The van der Waals surface area contributed by atoms with Crippen LogP contribution in [0, 0.1) is 18.3 Å². The molecule has 0 amide bonds.